The molecule has 0 unspecified atom stereocenters. The van der Waals surface area contributed by atoms with Gasteiger partial charge in [0, 0.05) is 22.5 Å². The molecule has 0 N–H and O–H groups in total. The fourth-order valence-corrected chi connectivity index (χ4v) is 19.3. The van der Waals surface area contributed by atoms with Gasteiger partial charge in [-0.25, -0.2) is 0 Å². The maximum atomic E-state index is 7.77. The molecule has 4 aliphatic heterocycles. The predicted molar refractivity (Wildman–Crippen MR) is 393 cm³/mol. The van der Waals surface area contributed by atoms with E-state index in [0.717, 1.165) is 73.8 Å². The molecule has 0 amide bonds. The van der Waals surface area contributed by atoms with Gasteiger partial charge >= 0.3 is 0 Å². The SMILES string of the molecule is c1ccc(-c2ccccc2-c2cc3c4c(c2)Oc2cc5c(cc2B4c2ccccc2O3)N2c3ccccc3B(c3c(-c4ccccc4)cccc3-c3ccccc3)c3cc(C46CC7CC(CC(C7)C4)C6)cc(c32)B5c2c(-c3ccccc3)cccc2-c2ccccc2)cc1. The van der Waals surface area contributed by atoms with E-state index in [4.69, 9.17) is 9.47 Å². The van der Waals surface area contributed by atoms with Crippen molar-refractivity contribution in [1.82, 2.24) is 0 Å². The van der Waals surface area contributed by atoms with Crippen molar-refractivity contribution in [3.05, 3.63) is 303 Å². The molecule has 0 atom stereocenters. The lowest BCUT2D eigenvalue weighted by atomic mass is 9.28. The normalized spacial score (nSPS) is 18.6. The van der Waals surface area contributed by atoms with Crippen LogP contribution in [0.5, 0.6) is 23.0 Å². The predicted octanol–water partition coefficient (Wildman–Crippen LogP) is 16.0. The molecule has 0 aromatic heterocycles. The second-order valence-electron chi connectivity index (χ2n) is 27.9. The number of nitrogens with zero attached hydrogens (tertiary/aromatic N) is 1. The minimum Gasteiger partial charge on any atom is -0.458 e. The molecule has 13 aromatic rings. The summed E-state index contributed by atoms with van der Waals surface area (Å²) in [7, 11) is 0. The van der Waals surface area contributed by atoms with Gasteiger partial charge in [-0.1, -0.05) is 272 Å². The lowest BCUT2D eigenvalue weighted by molar-refractivity contribution is -0.00511. The van der Waals surface area contributed by atoms with Crippen LogP contribution in [0.1, 0.15) is 44.1 Å². The average Bonchev–Trinajstić information content (AvgIpc) is 0.684. The first kappa shape index (κ1) is 54.1. The fraction of sp³-hybridized carbons (Fsp3) is 0.114. The monoisotopic (exact) mass is 1200 g/mol. The summed E-state index contributed by atoms with van der Waals surface area (Å²) in [5.41, 5.74) is 31.0. The van der Waals surface area contributed by atoms with Gasteiger partial charge in [0.2, 0.25) is 13.4 Å². The summed E-state index contributed by atoms with van der Waals surface area (Å²) >= 11 is 0. The van der Waals surface area contributed by atoms with Crippen molar-refractivity contribution in [3.63, 3.8) is 0 Å². The summed E-state index contributed by atoms with van der Waals surface area (Å²) in [4.78, 5) is 2.73. The number of fused-ring (bicyclic) bond motifs is 8. The Morgan fingerprint density at radius 2 is 0.670 bits per heavy atom. The Hall–Kier alpha value is -10.5. The van der Waals surface area contributed by atoms with Crippen LogP contribution in [-0.2, 0) is 5.41 Å². The van der Waals surface area contributed by atoms with E-state index >= 15 is 0 Å². The third-order valence-electron chi connectivity index (χ3n) is 22.7. The van der Waals surface area contributed by atoms with E-state index in [1.165, 1.54) is 144 Å². The molecular weight excluding hydrogens is 1140 g/mol. The quantitative estimate of drug-likeness (QED) is 0.134. The van der Waals surface area contributed by atoms with Gasteiger partial charge in [-0.2, -0.15) is 0 Å². The van der Waals surface area contributed by atoms with Crippen molar-refractivity contribution in [2.24, 2.45) is 17.8 Å². The van der Waals surface area contributed by atoms with E-state index in [1.54, 1.807) is 0 Å². The Kier molecular flexibility index (Phi) is 12.2. The summed E-state index contributed by atoms with van der Waals surface area (Å²) < 4.78 is 14.9. The first-order valence-electron chi connectivity index (χ1n) is 34.1. The second kappa shape index (κ2) is 21.2. The number of rotatable bonds is 9. The minimum absolute atomic E-state index is 0.0630. The third-order valence-corrected chi connectivity index (χ3v) is 22.7. The fourth-order valence-electron chi connectivity index (χ4n) is 19.3. The van der Waals surface area contributed by atoms with Gasteiger partial charge in [-0.3, -0.25) is 0 Å². The highest BCUT2D eigenvalue weighted by atomic mass is 16.5. The van der Waals surface area contributed by atoms with Crippen LogP contribution in [0.25, 0.3) is 66.8 Å². The molecule has 4 aliphatic carbocycles. The van der Waals surface area contributed by atoms with E-state index in [2.05, 4.69) is 302 Å². The Balaban J connectivity index is 0.913. The second-order valence-corrected chi connectivity index (χ2v) is 27.9. The van der Waals surface area contributed by atoms with Gasteiger partial charge in [-0.15, -0.1) is 0 Å². The van der Waals surface area contributed by atoms with Crippen LogP contribution in [0.3, 0.4) is 0 Å². The Morgan fingerprint density at radius 1 is 0.277 bits per heavy atom. The van der Waals surface area contributed by atoms with E-state index in [1.807, 2.05) is 0 Å². The molecular formula is C88H64B3NO2. The highest BCUT2D eigenvalue weighted by Crippen LogP contribution is 2.61. The lowest BCUT2D eigenvalue weighted by Gasteiger charge is -2.57. The molecule has 4 saturated carbocycles. The smallest absolute Gasteiger partial charge is 0.260 e. The molecule has 21 rings (SSSR count). The average molecular weight is 1200 g/mol. The molecule has 3 nitrogen and oxygen atoms in total. The first-order chi connectivity index (χ1) is 46.6. The minimum atomic E-state index is -0.249. The van der Waals surface area contributed by atoms with Crippen molar-refractivity contribution >= 4 is 86.4 Å². The van der Waals surface area contributed by atoms with E-state index in [0.29, 0.717) is 0 Å². The molecule has 4 heterocycles. The number of ether oxygens (including phenoxy) is 2. The number of benzene rings is 13. The largest absolute Gasteiger partial charge is 0.458 e. The van der Waals surface area contributed by atoms with Crippen LogP contribution >= 0.6 is 0 Å². The third kappa shape index (κ3) is 8.34. The van der Waals surface area contributed by atoms with E-state index in [-0.39, 0.29) is 25.6 Å². The summed E-state index contributed by atoms with van der Waals surface area (Å²) in [5, 5.41) is 0. The Bertz CT molecular complexity index is 5060. The molecule has 0 radical (unpaired) electrons. The van der Waals surface area contributed by atoms with Gasteiger partial charge in [0.25, 0.3) is 6.71 Å². The molecule has 8 aliphatic rings. The molecule has 94 heavy (non-hydrogen) atoms. The van der Waals surface area contributed by atoms with Crippen LogP contribution in [0, 0.1) is 17.8 Å². The zero-order valence-electron chi connectivity index (χ0n) is 52.3. The zero-order valence-corrected chi connectivity index (χ0v) is 52.3. The molecule has 4 bridgehead atoms. The standard InChI is InChI=1S/C88H64B3NO2/c1-6-24-59(25-7-1)66-34-16-17-35-67(66)64-47-82-86-83(48-64)94-81-52-74-79(51-75(81)90(86)73-41-19-21-43-80(73)93-82)92-78-42-20-18-40-72(78)89(84-68(60-26-8-2-9-27-60)36-22-37-69(84)61-28-10-3-11-29-61)76-49-65(88-53-56-44-57(54-88)46-58(45-56)55-88)50-77(87(76)92)91(74)85-70(62-30-12-4-13-31-62)38-23-39-71(85)63-32-14-5-15-33-63/h1-43,47-52,56-58H,44-46,53-55H2. The van der Waals surface area contributed by atoms with Crippen molar-refractivity contribution < 1.29 is 9.47 Å². The van der Waals surface area contributed by atoms with Crippen molar-refractivity contribution in [3.8, 4) is 89.8 Å². The Morgan fingerprint density at radius 3 is 1.18 bits per heavy atom. The van der Waals surface area contributed by atoms with Gasteiger partial charge in [0.05, 0.1) is 0 Å². The zero-order chi connectivity index (χ0) is 61.6. The Labute approximate surface area is 551 Å². The van der Waals surface area contributed by atoms with Gasteiger partial charge in [0.15, 0.2) is 0 Å². The number of para-hydroxylation sites is 2. The first-order valence-corrected chi connectivity index (χ1v) is 34.1. The molecule has 0 saturated heterocycles. The maximum absolute atomic E-state index is 7.77. The number of hydrogen-bond acceptors (Lipinski definition) is 3. The van der Waals surface area contributed by atoms with Gasteiger partial charge in [-0.05, 0) is 203 Å². The van der Waals surface area contributed by atoms with Crippen LogP contribution in [-0.4, -0.2) is 20.1 Å². The van der Waals surface area contributed by atoms with Crippen molar-refractivity contribution in [2.45, 2.75) is 43.9 Å². The van der Waals surface area contributed by atoms with E-state index < -0.39 is 0 Å². The topological polar surface area (TPSA) is 21.7 Å². The summed E-state index contributed by atoms with van der Waals surface area (Å²) in [6, 6.07) is 112. The van der Waals surface area contributed by atoms with Crippen LogP contribution < -0.4 is 63.5 Å². The highest BCUT2D eigenvalue weighted by Gasteiger charge is 2.54. The van der Waals surface area contributed by atoms with Gasteiger partial charge < -0.3 is 14.4 Å². The number of anilines is 3. The van der Waals surface area contributed by atoms with Crippen molar-refractivity contribution in [2.75, 3.05) is 4.90 Å². The highest BCUT2D eigenvalue weighted by molar-refractivity contribution is 7.04. The maximum Gasteiger partial charge on any atom is 0.260 e. The molecule has 4 fully saturated rings. The molecule has 6 heteroatoms. The van der Waals surface area contributed by atoms with Crippen molar-refractivity contribution in [1.29, 1.82) is 0 Å². The molecule has 442 valence electrons. The molecule has 0 spiro atoms. The van der Waals surface area contributed by atoms with Crippen LogP contribution in [0.15, 0.2) is 297 Å². The van der Waals surface area contributed by atoms with Gasteiger partial charge in [0.1, 0.15) is 23.0 Å². The number of hydrogen-bond donors (Lipinski definition) is 0. The summed E-state index contributed by atoms with van der Waals surface area (Å²) in [5.74, 6) is 5.67. The van der Waals surface area contributed by atoms with E-state index in [9.17, 15) is 0 Å². The van der Waals surface area contributed by atoms with Crippen LogP contribution in [0.2, 0.25) is 0 Å². The summed E-state index contributed by atoms with van der Waals surface area (Å²) in [6.45, 7) is -0.572. The molecule has 13 aromatic carbocycles. The summed E-state index contributed by atoms with van der Waals surface area (Å²) in [6.07, 6.45) is 7.88. The van der Waals surface area contributed by atoms with Crippen LogP contribution in [0.4, 0.5) is 17.1 Å². The lowest BCUT2D eigenvalue weighted by Crippen LogP contribution is -2.67.